The Labute approximate surface area is 489 Å². The number of furan rings is 3. The van der Waals surface area contributed by atoms with Gasteiger partial charge >= 0.3 is 0 Å². The van der Waals surface area contributed by atoms with Crippen LogP contribution in [0.5, 0.6) is 0 Å². The Bertz CT molecular complexity index is 5090. The van der Waals surface area contributed by atoms with Crippen molar-refractivity contribution in [3.05, 3.63) is 303 Å². The van der Waals surface area contributed by atoms with E-state index in [2.05, 4.69) is 301 Å². The number of para-hydroxylation sites is 4. The van der Waals surface area contributed by atoms with Crippen LogP contribution < -0.4 is 9.80 Å². The molecule has 17 aromatic rings. The first kappa shape index (κ1) is 48.3. The molecule has 0 fully saturated rings. The maximum absolute atomic E-state index is 7.55. The lowest BCUT2D eigenvalue weighted by Gasteiger charge is -2.30. The molecule has 3 aromatic heterocycles. The van der Waals surface area contributed by atoms with E-state index in [-0.39, 0.29) is 0 Å². The minimum Gasteiger partial charge on any atom is -0.456 e. The first-order valence-corrected chi connectivity index (χ1v) is 28.9. The molecule has 0 N–H and O–H groups in total. The molecule has 0 amide bonds. The summed E-state index contributed by atoms with van der Waals surface area (Å²) in [7, 11) is 0. The van der Waals surface area contributed by atoms with Gasteiger partial charge in [-0.05, 0) is 92.7 Å². The highest BCUT2D eigenvalue weighted by molar-refractivity contribution is 6.31. The Kier molecular flexibility index (Phi) is 11.2. The third kappa shape index (κ3) is 7.86. The van der Waals surface area contributed by atoms with Crippen molar-refractivity contribution in [2.45, 2.75) is 0 Å². The van der Waals surface area contributed by atoms with Crippen molar-refractivity contribution in [3.63, 3.8) is 0 Å². The van der Waals surface area contributed by atoms with Crippen LogP contribution in [0.15, 0.2) is 317 Å². The number of nitrogens with zero attached hydrogens (tertiary/aromatic N) is 2. The van der Waals surface area contributed by atoms with Crippen LogP contribution in [-0.2, 0) is 0 Å². The maximum Gasteiger partial charge on any atom is 0.159 e. The monoisotopic (exact) mass is 1090 g/mol. The summed E-state index contributed by atoms with van der Waals surface area (Å²) in [5.74, 6) is 0. The van der Waals surface area contributed by atoms with Crippen LogP contribution in [0.3, 0.4) is 0 Å². The first-order valence-electron chi connectivity index (χ1n) is 28.9. The van der Waals surface area contributed by atoms with Gasteiger partial charge in [0, 0.05) is 66.3 Å². The van der Waals surface area contributed by atoms with Gasteiger partial charge in [-0.3, -0.25) is 0 Å². The minimum absolute atomic E-state index is 0.762. The number of hydrogen-bond donors (Lipinski definition) is 0. The van der Waals surface area contributed by atoms with Gasteiger partial charge < -0.3 is 23.1 Å². The molecule has 5 heteroatoms. The van der Waals surface area contributed by atoms with E-state index in [4.69, 9.17) is 13.3 Å². The molecule has 17 rings (SSSR count). The summed E-state index contributed by atoms with van der Waals surface area (Å²) in [5, 5.41) is 10.6. The normalized spacial score (nSPS) is 11.8. The zero-order chi connectivity index (χ0) is 56.0. The average molecular weight is 1090 g/mol. The lowest BCUT2D eigenvalue weighted by atomic mass is 9.94. The van der Waals surface area contributed by atoms with E-state index < -0.39 is 0 Å². The molecule has 3 heterocycles. The standard InChI is InChI=1S/C80H50N2O3/c1-5-23-51(24-6-1)55-43-45-67(65(47-55)53-27-9-3-10-28-53)81(69-39-21-37-63-59-33-17-19-41-73(59)84-79(63)69)71-49-75-77(61-35-15-13-31-57(61)71)78-62-36-16-14-32-58(62)72(50-76(78)83-75)82(70-40-22-38-64-60-34-18-20-42-74(60)85-80(64)70)68-46-44-56(52-25-7-2-8-26-52)48-66(68)54-29-11-4-12-30-54/h1-50H. The van der Waals surface area contributed by atoms with E-state index >= 15 is 0 Å². The van der Waals surface area contributed by atoms with Gasteiger partial charge in [0.25, 0.3) is 0 Å². The van der Waals surface area contributed by atoms with Gasteiger partial charge in [-0.1, -0.05) is 243 Å². The molecule has 0 radical (unpaired) electrons. The molecule has 85 heavy (non-hydrogen) atoms. The molecular weight excluding hydrogens is 1040 g/mol. The van der Waals surface area contributed by atoms with Crippen LogP contribution in [0.25, 0.3) is 132 Å². The lowest BCUT2D eigenvalue weighted by molar-refractivity contribution is 0.667. The number of fused-ring (bicyclic) bond motifs is 13. The van der Waals surface area contributed by atoms with E-state index in [9.17, 15) is 0 Å². The quantitative estimate of drug-likeness (QED) is 0.137. The number of rotatable bonds is 10. The van der Waals surface area contributed by atoms with Gasteiger partial charge in [0.2, 0.25) is 0 Å². The number of benzene rings is 14. The molecule has 0 saturated heterocycles. The zero-order valence-electron chi connectivity index (χ0n) is 46.0. The van der Waals surface area contributed by atoms with Gasteiger partial charge in [-0.25, -0.2) is 0 Å². The van der Waals surface area contributed by atoms with E-state index in [1.165, 1.54) is 0 Å². The third-order valence-electron chi connectivity index (χ3n) is 17.0. The fraction of sp³-hybridized carbons (Fsp3) is 0. The topological polar surface area (TPSA) is 45.9 Å². The average Bonchev–Trinajstić information content (AvgIpc) is 2.88. The van der Waals surface area contributed by atoms with Crippen LogP contribution in [0.4, 0.5) is 34.1 Å². The van der Waals surface area contributed by atoms with Crippen molar-refractivity contribution in [2.75, 3.05) is 9.80 Å². The molecule has 0 aliphatic heterocycles. The van der Waals surface area contributed by atoms with Crippen LogP contribution in [0, 0.1) is 0 Å². The Balaban J connectivity index is 0.960. The highest BCUT2D eigenvalue weighted by Crippen LogP contribution is 2.54. The molecule has 0 saturated carbocycles. The van der Waals surface area contributed by atoms with E-state index in [0.29, 0.717) is 0 Å². The van der Waals surface area contributed by atoms with E-state index in [1.807, 2.05) is 12.1 Å². The second-order valence-electron chi connectivity index (χ2n) is 21.8. The predicted molar refractivity (Wildman–Crippen MR) is 354 cm³/mol. The molecule has 5 nitrogen and oxygen atoms in total. The van der Waals surface area contributed by atoms with Crippen molar-refractivity contribution in [2.24, 2.45) is 0 Å². The number of hydrogen-bond acceptors (Lipinski definition) is 5. The Hall–Kier alpha value is -11.4. The maximum atomic E-state index is 7.55. The molecule has 398 valence electrons. The van der Waals surface area contributed by atoms with Gasteiger partial charge in [-0.2, -0.15) is 0 Å². The lowest BCUT2D eigenvalue weighted by Crippen LogP contribution is -2.12. The fourth-order valence-corrected chi connectivity index (χ4v) is 13.2. The molecule has 0 aliphatic rings. The predicted octanol–water partition coefficient (Wildman–Crippen LogP) is 23.3. The smallest absolute Gasteiger partial charge is 0.159 e. The second kappa shape index (κ2) is 19.7. The summed E-state index contributed by atoms with van der Waals surface area (Å²) in [5.41, 5.74) is 19.4. The summed E-state index contributed by atoms with van der Waals surface area (Å²) in [6.45, 7) is 0. The molecule has 0 bridgehead atoms. The van der Waals surface area contributed by atoms with Crippen molar-refractivity contribution in [1.82, 2.24) is 0 Å². The first-order chi connectivity index (χ1) is 42.2. The van der Waals surface area contributed by atoms with Crippen LogP contribution in [0.1, 0.15) is 0 Å². The highest BCUT2D eigenvalue weighted by Gasteiger charge is 2.30. The van der Waals surface area contributed by atoms with Crippen LogP contribution in [-0.4, -0.2) is 0 Å². The van der Waals surface area contributed by atoms with Crippen molar-refractivity contribution in [3.8, 4) is 44.5 Å². The van der Waals surface area contributed by atoms with E-state index in [1.54, 1.807) is 0 Å². The SMILES string of the molecule is c1ccc(-c2ccc(N(c3cc4oc5cc(N(c6ccc(-c7ccccc7)cc6-c6ccccc6)c6cccc7c6oc6ccccc67)c6ccccc6c5c4c4ccccc34)c3cccc4c3oc3ccccc34)c(-c3ccccc3)c2)cc1. The molecule has 0 spiro atoms. The summed E-state index contributed by atoms with van der Waals surface area (Å²) in [6.07, 6.45) is 0. The van der Waals surface area contributed by atoms with Crippen molar-refractivity contribution in [1.29, 1.82) is 0 Å². The summed E-state index contributed by atoms with van der Waals surface area (Å²) in [4.78, 5) is 4.81. The second-order valence-corrected chi connectivity index (χ2v) is 21.8. The fourth-order valence-electron chi connectivity index (χ4n) is 13.2. The Morgan fingerprint density at radius 1 is 0.188 bits per heavy atom. The van der Waals surface area contributed by atoms with Crippen LogP contribution in [0.2, 0.25) is 0 Å². The van der Waals surface area contributed by atoms with E-state index in [0.717, 1.165) is 166 Å². The highest BCUT2D eigenvalue weighted by atomic mass is 16.3. The van der Waals surface area contributed by atoms with Crippen molar-refractivity contribution >= 4 is 121 Å². The minimum atomic E-state index is 0.762. The molecular formula is C80H50N2O3. The number of anilines is 6. The van der Waals surface area contributed by atoms with Gasteiger partial charge in [0.1, 0.15) is 22.3 Å². The summed E-state index contributed by atoms with van der Waals surface area (Å²) in [6, 6.07) is 108. The van der Waals surface area contributed by atoms with Gasteiger partial charge in [0.05, 0.1) is 34.1 Å². The Morgan fingerprint density at radius 3 is 0.941 bits per heavy atom. The molecule has 0 aliphatic carbocycles. The third-order valence-corrected chi connectivity index (χ3v) is 17.0. The Morgan fingerprint density at radius 2 is 0.529 bits per heavy atom. The molecule has 0 unspecified atom stereocenters. The zero-order valence-corrected chi connectivity index (χ0v) is 46.0. The summed E-state index contributed by atoms with van der Waals surface area (Å²) < 4.78 is 21.5. The van der Waals surface area contributed by atoms with Crippen LogP contribution >= 0.6 is 0 Å². The molecule has 0 atom stereocenters. The van der Waals surface area contributed by atoms with Gasteiger partial charge in [-0.15, -0.1) is 0 Å². The van der Waals surface area contributed by atoms with Crippen molar-refractivity contribution < 1.29 is 13.3 Å². The molecule has 14 aromatic carbocycles. The largest absolute Gasteiger partial charge is 0.456 e. The van der Waals surface area contributed by atoms with Gasteiger partial charge in [0.15, 0.2) is 11.2 Å². The summed E-state index contributed by atoms with van der Waals surface area (Å²) >= 11 is 0.